The minimum atomic E-state index is -0.550. The van der Waals surface area contributed by atoms with Gasteiger partial charge in [0.05, 0.1) is 7.11 Å². The highest BCUT2D eigenvalue weighted by molar-refractivity contribution is 5.20. The molecule has 0 bridgehead atoms. The smallest absolute Gasteiger partial charge is 0.238 e. The predicted octanol–water partition coefficient (Wildman–Crippen LogP) is 3.13. The summed E-state index contributed by atoms with van der Waals surface area (Å²) in [6.07, 6.45) is 9.82. The van der Waals surface area contributed by atoms with Gasteiger partial charge in [-0.05, 0) is 24.7 Å². The van der Waals surface area contributed by atoms with Gasteiger partial charge in [-0.2, -0.15) is 0 Å². The second-order valence-corrected chi connectivity index (χ2v) is 5.47. The van der Waals surface area contributed by atoms with Crippen LogP contribution in [-0.2, 0) is 0 Å². The molecule has 106 valence electrons. The van der Waals surface area contributed by atoms with Crippen LogP contribution in [-0.4, -0.2) is 22.2 Å². The molecule has 1 unspecified atom stereocenters. The van der Waals surface area contributed by atoms with Crippen molar-refractivity contribution in [2.45, 2.75) is 51.6 Å². The van der Waals surface area contributed by atoms with Crippen molar-refractivity contribution in [2.75, 3.05) is 7.11 Å². The number of aromatic nitrogens is 2. The van der Waals surface area contributed by atoms with Gasteiger partial charge >= 0.3 is 0 Å². The Kier molecular flexibility index (Phi) is 5.14. The summed E-state index contributed by atoms with van der Waals surface area (Å²) in [5.41, 5.74) is 0.587. The van der Waals surface area contributed by atoms with Gasteiger partial charge in [-0.25, -0.2) is 4.98 Å². The number of ether oxygens (including phenoxy) is 1. The van der Waals surface area contributed by atoms with Crippen LogP contribution in [0.3, 0.4) is 0 Å². The van der Waals surface area contributed by atoms with E-state index in [9.17, 15) is 5.11 Å². The fraction of sp³-hybridized carbons (Fsp3) is 0.733. The van der Waals surface area contributed by atoms with Crippen molar-refractivity contribution in [1.82, 2.24) is 9.97 Å². The summed E-state index contributed by atoms with van der Waals surface area (Å²) >= 11 is 0. The lowest BCUT2D eigenvalue weighted by atomic mass is 9.77. The maximum Gasteiger partial charge on any atom is 0.238 e. The third-order valence-corrected chi connectivity index (χ3v) is 4.20. The van der Waals surface area contributed by atoms with E-state index in [1.807, 2.05) is 0 Å². The van der Waals surface area contributed by atoms with Crippen molar-refractivity contribution in [2.24, 2.45) is 11.8 Å². The number of methoxy groups -OCH3 is 1. The van der Waals surface area contributed by atoms with Gasteiger partial charge in [-0.3, -0.25) is 4.98 Å². The van der Waals surface area contributed by atoms with E-state index in [1.165, 1.54) is 25.7 Å². The predicted molar refractivity (Wildman–Crippen MR) is 73.9 cm³/mol. The lowest BCUT2D eigenvalue weighted by Crippen LogP contribution is -2.21. The zero-order valence-corrected chi connectivity index (χ0v) is 11.9. The molecule has 0 spiro atoms. The minimum Gasteiger partial charge on any atom is -0.480 e. The Hall–Kier alpha value is -1.16. The molecule has 1 aliphatic carbocycles. The summed E-state index contributed by atoms with van der Waals surface area (Å²) < 4.78 is 5.18. The van der Waals surface area contributed by atoms with Crippen LogP contribution in [0.25, 0.3) is 0 Å². The van der Waals surface area contributed by atoms with Crippen LogP contribution < -0.4 is 4.74 Å². The zero-order chi connectivity index (χ0) is 13.7. The molecular weight excluding hydrogens is 240 g/mol. The van der Waals surface area contributed by atoms with Crippen LogP contribution in [0.5, 0.6) is 5.88 Å². The van der Waals surface area contributed by atoms with E-state index in [-0.39, 0.29) is 0 Å². The molecule has 4 heteroatoms. The molecule has 1 fully saturated rings. The second-order valence-electron chi connectivity index (χ2n) is 5.47. The van der Waals surface area contributed by atoms with Crippen LogP contribution in [0.4, 0.5) is 0 Å². The molecule has 1 aromatic heterocycles. The lowest BCUT2D eigenvalue weighted by molar-refractivity contribution is 0.0660. The van der Waals surface area contributed by atoms with Gasteiger partial charge in [0.25, 0.3) is 0 Å². The van der Waals surface area contributed by atoms with Gasteiger partial charge in [-0.1, -0.05) is 32.6 Å². The van der Waals surface area contributed by atoms with Crippen molar-refractivity contribution in [1.29, 1.82) is 0 Å². The fourth-order valence-electron chi connectivity index (χ4n) is 3.12. The average Bonchev–Trinajstić information content (AvgIpc) is 2.47. The molecule has 1 aliphatic rings. The molecule has 1 saturated carbocycles. The van der Waals surface area contributed by atoms with E-state index in [4.69, 9.17) is 4.74 Å². The largest absolute Gasteiger partial charge is 0.480 e. The van der Waals surface area contributed by atoms with E-state index in [0.717, 1.165) is 18.8 Å². The van der Waals surface area contributed by atoms with Crippen molar-refractivity contribution < 1.29 is 9.84 Å². The summed E-state index contributed by atoms with van der Waals surface area (Å²) in [5, 5.41) is 10.5. The molecule has 4 nitrogen and oxygen atoms in total. The quantitative estimate of drug-likeness (QED) is 0.887. The Labute approximate surface area is 115 Å². The first-order valence-electron chi connectivity index (χ1n) is 7.29. The highest BCUT2D eigenvalue weighted by atomic mass is 16.5. The van der Waals surface area contributed by atoms with Gasteiger partial charge in [0.1, 0.15) is 11.8 Å². The summed E-state index contributed by atoms with van der Waals surface area (Å²) in [6, 6.07) is 0. The number of nitrogens with zero attached hydrogens (tertiary/aromatic N) is 2. The molecule has 2 rings (SSSR count). The van der Waals surface area contributed by atoms with Gasteiger partial charge in [0.2, 0.25) is 5.88 Å². The standard InChI is InChI=1S/C15H24N2O2/c1-3-4-11-5-7-12(8-6-11)14(18)13-15(19-2)17-10-9-16-13/h9-12,14,18H,3-8H2,1-2H3. The number of hydrogen-bond donors (Lipinski definition) is 1. The number of rotatable bonds is 5. The highest BCUT2D eigenvalue weighted by Gasteiger charge is 2.29. The molecule has 0 amide bonds. The maximum atomic E-state index is 10.5. The average molecular weight is 264 g/mol. The maximum absolute atomic E-state index is 10.5. The normalized spacial score (nSPS) is 25.0. The fourth-order valence-corrected chi connectivity index (χ4v) is 3.12. The molecule has 19 heavy (non-hydrogen) atoms. The Balaban J connectivity index is 1.99. The van der Waals surface area contributed by atoms with Crippen molar-refractivity contribution in [3.8, 4) is 5.88 Å². The molecule has 1 heterocycles. The Morgan fingerprint density at radius 2 is 1.95 bits per heavy atom. The Morgan fingerprint density at radius 3 is 2.58 bits per heavy atom. The highest BCUT2D eigenvalue weighted by Crippen LogP contribution is 2.39. The van der Waals surface area contributed by atoms with Gasteiger partial charge < -0.3 is 9.84 Å². The molecular formula is C15H24N2O2. The van der Waals surface area contributed by atoms with Crippen LogP contribution in [0.2, 0.25) is 0 Å². The monoisotopic (exact) mass is 264 g/mol. The SMILES string of the molecule is CCCC1CCC(C(O)c2nccnc2OC)CC1. The van der Waals surface area contributed by atoms with E-state index in [0.29, 0.717) is 17.5 Å². The molecule has 1 aromatic rings. The summed E-state index contributed by atoms with van der Waals surface area (Å²) in [7, 11) is 1.57. The summed E-state index contributed by atoms with van der Waals surface area (Å²) in [5.74, 6) is 1.58. The molecule has 0 aliphatic heterocycles. The summed E-state index contributed by atoms with van der Waals surface area (Å²) in [6.45, 7) is 2.24. The van der Waals surface area contributed by atoms with E-state index in [1.54, 1.807) is 19.5 Å². The van der Waals surface area contributed by atoms with Crippen LogP contribution >= 0.6 is 0 Å². The molecule has 1 atom stereocenters. The minimum absolute atomic E-state index is 0.290. The first kappa shape index (κ1) is 14.3. The van der Waals surface area contributed by atoms with Gasteiger partial charge in [-0.15, -0.1) is 0 Å². The van der Waals surface area contributed by atoms with E-state index in [2.05, 4.69) is 16.9 Å². The van der Waals surface area contributed by atoms with Crippen LogP contribution in [0, 0.1) is 11.8 Å². The topological polar surface area (TPSA) is 55.2 Å². The van der Waals surface area contributed by atoms with Crippen molar-refractivity contribution >= 4 is 0 Å². The first-order chi connectivity index (χ1) is 9.26. The van der Waals surface area contributed by atoms with Crippen molar-refractivity contribution in [3.05, 3.63) is 18.1 Å². The number of hydrogen-bond acceptors (Lipinski definition) is 4. The number of aliphatic hydroxyl groups excluding tert-OH is 1. The summed E-state index contributed by atoms with van der Waals surface area (Å²) in [4.78, 5) is 8.36. The molecule has 1 N–H and O–H groups in total. The van der Waals surface area contributed by atoms with Gasteiger partial charge in [0, 0.05) is 12.4 Å². The van der Waals surface area contributed by atoms with Crippen LogP contribution in [0.1, 0.15) is 57.2 Å². The van der Waals surface area contributed by atoms with E-state index >= 15 is 0 Å². The van der Waals surface area contributed by atoms with Crippen molar-refractivity contribution in [3.63, 3.8) is 0 Å². The van der Waals surface area contributed by atoms with Crippen LogP contribution in [0.15, 0.2) is 12.4 Å². The third-order valence-electron chi connectivity index (χ3n) is 4.20. The molecule has 0 saturated heterocycles. The molecule has 0 aromatic carbocycles. The number of aliphatic hydroxyl groups is 1. The van der Waals surface area contributed by atoms with Gasteiger partial charge in [0.15, 0.2) is 0 Å². The molecule has 0 radical (unpaired) electrons. The Morgan fingerprint density at radius 1 is 1.26 bits per heavy atom. The first-order valence-corrected chi connectivity index (χ1v) is 7.29. The van der Waals surface area contributed by atoms with E-state index < -0.39 is 6.10 Å². The zero-order valence-electron chi connectivity index (χ0n) is 11.9. The lowest BCUT2D eigenvalue weighted by Gasteiger charge is -2.31. The second kappa shape index (κ2) is 6.85. The third kappa shape index (κ3) is 3.44. The Bertz CT molecular complexity index is 389.